The van der Waals surface area contributed by atoms with E-state index >= 15 is 0 Å². The number of hydrogen-bond donors (Lipinski definition) is 1. The van der Waals surface area contributed by atoms with Gasteiger partial charge in [0.15, 0.2) is 0 Å². The van der Waals surface area contributed by atoms with Crippen LogP contribution in [-0.2, 0) is 10.0 Å². The highest BCUT2D eigenvalue weighted by Gasteiger charge is 2.26. The first kappa shape index (κ1) is 19.9. The lowest BCUT2D eigenvalue weighted by atomic mass is 10.0. The second-order valence-corrected chi connectivity index (χ2v) is 8.87. The van der Waals surface area contributed by atoms with Crippen molar-refractivity contribution in [2.75, 3.05) is 26.7 Å². The molecule has 6 heteroatoms. The Balaban J connectivity index is 1.61. The van der Waals surface area contributed by atoms with Crippen molar-refractivity contribution in [3.05, 3.63) is 59.2 Å². The molecule has 1 fully saturated rings. The normalized spacial score (nSPS) is 18.0. The highest BCUT2D eigenvalue weighted by Crippen LogP contribution is 2.32. The van der Waals surface area contributed by atoms with Gasteiger partial charge in [-0.3, -0.25) is 4.90 Å². The summed E-state index contributed by atoms with van der Waals surface area (Å²) in [7, 11) is -1.82. The maximum Gasteiger partial charge on any atom is 0.240 e. The molecule has 1 aliphatic rings. The van der Waals surface area contributed by atoms with Crippen LogP contribution in [0.1, 0.15) is 35.6 Å². The van der Waals surface area contributed by atoms with E-state index in [1.807, 2.05) is 38.1 Å². The Hall–Kier alpha value is -1.89. The third kappa shape index (κ3) is 4.69. The first-order valence-corrected chi connectivity index (χ1v) is 10.8. The first-order chi connectivity index (χ1) is 12.9. The highest BCUT2D eigenvalue weighted by molar-refractivity contribution is 7.89. The van der Waals surface area contributed by atoms with Crippen LogP contribution in [0.4, 0.5) is 0 Å². The van der Waals surface area contributed by atoms with Gasteiger partial charge in [0.05, 0.1) is 12.0 Å². The second-order valence-electron chi connectivity index (χ2n) is 7.13. The summed E-state index contributed by atoms with van der Waals surface area (Å²) in [6.07, 6.45) is 2.22. The van der Waals surface area contributed by atoms with Gasteiger partial charge in [0.25, 0.3) is 0 Å². The van der Waals surface area contributed by atoms with Gasteiger partial charge in [-0.15, -0.1) is 0 Å². The summed E-state index contributed by atoms with van der Waals surface area (Å²) < 4.78 is 33.2. The van der Waals surface area contributed by atoms with Gasteiger partial charge in [-0.2, -0.15) is 0 Å². The number of rotatable bonds is 7. The number of ether oxygens (including phenoxy) is 1. The van der Waals surface area contributed by atoms with Crippen molar-refractivity contribution in [2.45, 2.75) is 37.6 Å². The maximum atomic E-state index is 12.6. The van der Waals surface area contributed by atoms with E-state index < -0.39 is 10.0 Å². The molecular weight excluding hydrogens is 360 g/mol. The van der Waals surface area contributed by atoms with Crippen LogP contribution in [0.5, 0.6) is 5.75 Å². The van der Waals surface area contributed by atoms with Crippen LogP contribution in [0.3, 0.4) is 0 Å². The van der Waals surface area contributed by atoms with Crippen LogP contribution in [0, 0.1) is 13.8 Å². The number of likely N-dealkylation sites (tertiary alicyclic amines) is 1. The molecule has 0 aliphatic carbocycles. The van der Waals surface area contributed by atoms with Gasteiger partial charge >= 0.3 is 0 Å². The zero-order chi connectivity index (χ0) is 19.4. The highest BCUT2D eigenvalue weighted by atomic mass is 32.2. The van der Waals surface area contributed by atoms with Crippen molar-refractivity contribution >= 4 is 10.0 Å². The maximum absolute atomic E-state index is 12.6. The molecule has 2 aromatic rings. The summed E-state index contributed by atoms with van der Waals surface area (Å²) in [4.78, 5) is 2.72. The number of benzene rings is 2. The van der Waals surface area contributed by atoms with Gasteiger partial charge in [0.2, 0.25) is 10.0 Å². The summed E-state index contributed by atoms with van der Waals surface area (Å²) in [6, 6.07) is 13.9. The molecule has 1 atom stereocenters. The van der Waals surface area contributed by atoms with Crippen molar-refractivity contribution in [3.8, 4) is 5.75 Å². The van der Waals surface area contributed by atoms with Crippen LogP contribution < -0.4 is 9.46 Å². The zero-order valence-electron chi connectivity index (χ0n) is 16.2. The quantitative estimate of drug-likeness (QED) is 0.790. The molecule has 0 saturated carbocycles. The topological polar surface area (TPSA) is 58.6 Å². The Morgan fingerprint density at radius 1 is 1.15 bits per heavy atom. The van der Waals surface area contributed by atoms with E-state index in [9.17, 15) is 8.42 Å². The summed E-state index contributed by atoms with van der Waals surface area (Å²) >= 11 is 0. The van der Waals surface area contributed by atoms with Crippen LogP contribution in [0.2, 0.25) is 0 Å². The second kappa shape index (κ2) is 8.42. The standard InChI is InChI=1S/C21H28N2O3S/c1-16-6-11-21(17(2)15-16)27(24,25)22-12-14-23-13-4-5-20(23)18-7-9-19(26-3)10-8-18/h6-11,15,20,22H,4-5,12-14H2,1-3H3. The zero-order valence-corrected chi connectivity index (χ0v) is 17.1. The Bertz CT molecular complexity index is 879. The van der Waals surface area contributed by atoms with Crippen molar-refractivity contribution in [3.63, 3.8) is 0 Å². The molecule has 0 bridgehead atoms. The van der Waals surface area contributed by atoms with Gasteiger partial charge < -0.3 is 4.74 Å². The Labute approximate surface area is 162 Å². The largest absolute Gasteiger partial charge is 0.497 e. The third-order valence-corrected chi connectivity index (χ3v) is 6.80. The van der Waals surface area contributed by atoms with E-state index in [-0.39, 0.29) is 0 Å². The van der Waals surface area contributed by atoms with E-state index in [0.717, 1.165) is 36.3 Å². The summed E-state index contributed by atoms with van der Waals surface area (Å²) in [5, 5.41) is 0. The molecule has 146 valence electrons. The average Bonchev–Trinajstić information content (AvgIpc) is 3.10. The number of hydrogen-bond acceptors (Lipinski definition) is 4. The molecule has 1 N–H and O–H groups in total. The van der Waals surface area contributed by atoms with Crippen LogP contribution in [0.15, 0.2) is 47.4 Å². The number of aryl methyl sites for hydroxylation is 2. The fraction of sp³-hybridized carbons (Fsp3) is 0.429. The molecular formula is C21H28N2O3S. The number of methoxy groups -OCH3 is 1. The van der Waals surface area contributed by atoms with E-state index in [2.05, 4.69) is 21.8 Å². The first-order valence-electron chi connectivity index (χ1n) is 9.35. The lowest BCUT2D eigenvalue weighted by Crippen LogP contribution is -2.35. The minimum absolute atomic E-state index is 0.335. The molecule has 5 nitrogen and oxygen atoms in total. The summed E-state index contributed by atoms with van der Waals surface area (Å²) in [5.41, 5.74) is 3.09. The van der Waals surface area contributed by atoms with E-state index in [1.54, 1.807) is 13.2 Å². The summed E-state index contributed by atoms with van der Waals surface area (Å²) in [6.45, 7) is 5.89. The Morgan fingerprint density at radius 3 is 2.56 bits per heavy atom. The van der Waals surface area contributed by atoms with Crippen molar-refractivity contribution in [2.24, 2.45) is 0 Å². The minimum Gasteiger partial charge on any atom is -0.497 e. The average molecular weight is 389 g/mol. The fourth-order valence-electron chi connectivity index (χ4n) is 3.80. The lowest BCUT2D eigenvalue weighted by molar-refractivity contribution is 0.261. The van der Waals surface area contributed by atoms with E-state index in [0.29, 0.717) is 24.0 Å². The molecule has 27 heavy (non-hydrogen) atoms. The minimum atomic E-state index is -3.48. The molecule has 1 unspecified atom stereocenters. The van der Waals surface area contributed by atoms with E-state index in [1.165, 1.54) is 5.56 Å². The van der Waals surface area contributed by atoms with Gasteiger partial charge in [-0.25, -0.2) is 13.1 Å². The number of nitrogens with one attached hydrogen (secondary N) is 1. The number of sulfonamides is 1. The molecule has 1 aliphatic heterocycles. The van der Waals surface area contributed by atoms with Crippen molar-refractivity contribution < 1.29 is 13.2 Å². The third-order valence-electron chi connectivity index (χ3n) is 5.18. The molecule has 0 aromatic heterocycles. The van der Waals surface area contributed by atoms with Gasteiger partial charge in [-0.05, 0) is 62.6 Å². The smallest absolute Gasteiger partial charge is 0.240 e. The molecule has 0 spiro atoms. The summed E-state index contributed by atoms with van der Waals surface area (Å²) in [5.74, 6) is 0.851. The van der Waals surface area contributed by atoms with Crippen LogP contribution in [-0.4, -0.2) is 40.1 Å². The molecule has 0 radical (unpaired) electrons. The Kier molecular flexibility index (Phi) is 6.19. The predicted molar refractivity (Wildman–Crippen MR) is 108 cm³/mol. The van der Waals surface area contributed by atoms with Gasteiger partial charge in [0.1, 0.15) is 5.75 Å². The molecule has 1 saturated heterocycles. The SMILES string of the molecule is COc1ccc(C2CCCN2CCNS(=O)(=O)c2ccc(C)cc2C)cc1. The molecule has 1 heterocycles. The predicted octanol–water partition coefficient (Wildman–Crippen LogP) is 3.43. The van der Waals surface area contributed by atoms with Gasteiger partial charge in [-0.1, -0.05) is 29.8 Å². The molecule has 2 aromatic carbocycles. The fourth-order valence-corrected chi connectivity index (χ4v) is 5.05. The number of nitrogens with zero attached hydrogens (tertiary/aromatic N) is 1. The lowest BCUT2D eigenvalue weighted by Gasteiger charge is -2.25. The van der Waals surface area contributed by atoms with Gasteiger partial charge in [0, 0.05) is 19.1 Å². The molecule has 3 rings (SSSR count). The van der Waals surface area contributed by atoms with Crippen LogP contribution in [0.25, 0.3) is 0 Å². The van der Waals surface area contributed by atoms with Crippen molar-refractivity contribution in [1.82, 2.24) is 9.62 Å². The molecule has 0 amide bonds. The monoisotopic (exact) mass is 388 g/mol. The van der Waals surface area contributed by atoms with E-state index in [4.69, 9.17) is 4.74 Å². The Morgan fingerprint density at radius 2 is 1.89 bits per heavy atom. The van der Waals surface area contributed by atoms with Crippen molar-refractivity contribution in [1.29, 1.82) is 0 Å². The van der Waals surface area contributed by atoms with Crippen LogP contribution >= 0.6 is 0 Å².